The zero-order chi connectivity index (χ0) is 24.2. The molecule has 0 aromatic heterocycles. The van der Waals surface area contributed by atoms with Crippen LogP contribution >= 0.6 is 0 Å². The average Bonchev–Trinajstić information content (AvgIpc) is 2.61. The summed E-state index contributed by atoms with van der Waals surface area (Å²) in [5, 5.41) is 9.04. The predicted molar refractivity (Wildman–Crippen MR) is 93.0 cm³/mol. The lowest BCUT2D eigenvalue weighted by atomic mass is 9.86. The molecule has 2 unspecified atom stereocenters. The van der Waals surface area contributed by atoms with Gasteiger partial charge in [0.2, 0.25) is 0 Å². The molecule has 1 rings (SSSR count). The fourth-order valence-corrected chi connectivity index (χ4v) is 3.49. The SMILES string of the molecule is CCC(CCCc1c(C(F)(F)F)ccc(C(F)(F)F)c1C(F)(F)F)CC(CN)C(=O)O. The molecule has 0 fully saturated rings. The Kier molecular flexibility index (Phi) is 8.81. The minimum Gasteiger partial charge on any atom is -0.481 e. The summed E-state index contributed by atoms with van der Waals surface area (Å²) in [7, 11) is 0. The quantitative estimate of drug-likeness (QED) is 0.429. The molecule has 3 nitrogen and oxygen atoms in total. The molecule has 1 aromatic carbocycles. The second-order valence-electron chi connectivity index (χ2n) is 7.18. The van der Waals surface area contributed by atoms with E-state index in [2.05, 4.69) is 0 Å². The molecule has 0 spiro atoms. The molecule has 0 aliphatic heterocycles. The van der Waals surface area contributed by atoms with Gasteiger partial charge in [0.05, 0.1) is 22.6 Å². The number of benzene rings is 1. The van der Waals surface area contributed by atoms with Gasteiger partial charge in [0.15, 0.2) is 0 Å². The van der Waals surface area contributed by atoms with E-state index in [4.69, 9.17) is 10.8 Å². The van der Waals surface area contributed by atoms with Crippen LogP contribution < -0.4 is 5.73 Å². The molecule has 31 heavy (non-hydrogen) atoms. The lowest BCUT2D eigenvalue weighted by molar-refractivity contribution is -0.164. The molecule has 0 aliphatic carbocycles. The summed E-state index contributed by atoms with van der Waals surface area (Å²) in [6.45, 7) is 1.46. The van der Waals surface area contributed by atoms with Gasteiger partial charge in [-0.1, -0.05) is 19.8 Å². The Morgan fingerprint density at radius 3 is 1.87 bits per heavy atom. The summed E-state index contributed by atoms with van der Waals surface area (Å²) in [6.07, 6.45) is -17.1. The minimum absolute atomic E-state index is 0.0135. The molecule has 1 aromatic rings. The van der Waals surface area contributed by atoms with E-state index in [0.29, 0.717) is 6.42 Å². The lowest BCUT2D eigenvalue weighted by Crippen LogP contribution is -2.26. The van der Waals surface area contributed by atoms with Crippen molar-refractivity contribution in [3.63, 3.8) is 0 Å². The summed E-state index contributed by atoms with van der Waals surface area (Å²) in [6, 6.07) is -0.192. The first-order chi connectivity index (χ1) is 14.0. The largest absolute Gasteiger partial charge is 0.481 e. The van der Waals surface area contributed by atoms with Crippen LogP contribution in [-0.4, -0.2) is 17.6 Å². The number of halogens is 9. The normalized spacial score (nSPS) is 15.1. The van der Waals surface area contributed by atoms with Gasteiger partial charge in [-0.15, -0.1) is 0 Å². The first kappa shape index (κ1) is 27.1. The minimum atomic E-state index is -5.65. The number of carboxylic acids is 1. The number of carboxylic acid groups (broad SMARTS) is 1. The molecule has 2 atom stereocenters. The third-order valence-electron chi connectivity index (χ3n) is 5.08. The highest BCUT2D eigenvalue weighted by Crippen LogP contribution is 2.46. The monoisotopic (exact) mass is 467 g/mol. The van der Waals surface area contributed by atoms with E-state index in [9.17, 15) is 44.3 Å². The predicted octanol–water partition coefficient (Wildman–Crippen LogP) is 6.14. The second kappa shape index (κ2) is 10.1. The van der Waals surface area contributed by atoms with Crippen molar-refractivity contribution in [1.82, 2.24) is 0 Å². The maximum absolute atomic E-state index is 13.4. The van der Waals surface area contributed by atoms with Crippen LogP contribution in [0.2, 0.25) is 0 Å². The van der Waals surface area contributed by atoms with Gasteiger partial charge in [-0.3, -0.25) is 4.79 Å². The summed E-state index contributed by atoms with van der Waals surface area (Å²) in [5.41, 5.74) is -2.40. The van der Waals surface area contributed by atoms with Crippen molar-refractivity contribution in [2.75, 3.05) is 6.54 Å². The van der Waals surface area contributed by atoms with E-state index < -0.39 is 59.1 Å². The maximum Gasteiger partial charge on any atom is 0.417 e. The van der Waals surface area contributed by atoms with Gasteiger partial charge in [0, 0.05) is 6.54 Å². The van der Waals surface area contributed by atoms with E-state index in [1.165, 1.54) is 0 Å². The maximum atomic E-state index is 13.4. The number of hydrogen-bond acceptors (Lipinski definition) is 2. The smallest absolute Gasteiger partial charge is 0.417 e. The van der Waals surface area contributed by atoms with Crippen molar-refractivity contribution in [1.29, 1.82) is 0 Å². The second-order valence-corrected chi connectivity index (χ2v) is 7.18. The van der Waals surface area contributed by atoms with E-state index in [1.807, 2.05) is 0 Å². The van der Waals surface area contributed by atoms with E-state index in [1.54, 1.807) is 6.92 Å². The molecule has 0 bridgehead atoms. The number of alkyl halides is 9. The van der Waals surface area contributed by atoms with E-state index >= 15 is 0 Å². The van der Waals surface area contributed by atoms with Crippen LogP contribution in [0.4, 0.5) is 39.5 Å². The van der Waals surface area contributed by atoms with Gasteiger partial charge < -0.3 is 10.8 Å². The van der Waals surface area contributed by atoms with Crippen LogP contribution in [-0.2, 0) is 29.7 Å². The standard InChI is InChI=1S/C19H22F9NO2/c1-2-10(8-11(9-29)16(30)31)4-3-5-12-13(17(20,21)22)6-7-14(18(23,24)25)15(12)19(26,27)28/h6-7,10-11H,2-5,8-9,29H2,1H3,(H,30,31). The third-order valence-corrected chi connectivity index (χ3v) is 5.08. The van der Waals surface area contributed by atoms with Gasteiger partial charge in [-0.25, -0.2) is 0 Å². The van der Waals surface area contributed by atoms with Crippen LogP contribution in [0.15, 0.2) is 12.1 Å². The fraction of sp³-hybridized carbons (Fsp3) is 0.632. The molecule has 3 N–H and O–H groups in total. The highest BCUT2D eigenvalue weighted by Gasteiger charge is 2.47. The number of hydrogen-bond donors (Lipinski definition) is 2. The topological polar surface area (TPSA) is 63.3 Å². The van der Waals surface area contributed by atoms with Gasteiger partial charge in [0.25, 0.3) is 0 Å². The Hall–Kier alpha value is -1.98. The zero-order valence-corrected chi connectivity index (χ0v) is 16.4. The Morgan fingerprint density at radius 2 is 1.48 bits per heavy atom. The number of nitrogens with two attached hydrogens (primary N) is 1. The molecule has 0 heterocycles. The Labute approximate surface area is 172 Å². The van der Waals surface area contributed by atoms with Crippen molar-refractivity contribution in [3.8, 4) is 0 Å². The van der Waals surface area contributed by atoms with Crippen molar-refractivity contribution >= 4 is 5.97 Å². The first-order valence-corrected chi connectivity index (χ1v) is 9.34. The highest BCUT2D eigenvalue weighted by atomic mass is 19.4. The van der Waals surface area contributed by atoms with Gasteiger partial charge >= 0.3 is 24.5 Å². The number of carbonyl (C=O) groups is 1. The Bertz CT molecular complexity index is 754. The molecule has 12 heteroatoms. The summed E-state index contributed by atoms with van der Waals surface area (Å²) in [5.74, 6) is -2.49. The third kappa shape index (κ3) is 7.29. The molecule has 0 amide bonds. The van der Waals surface area contributed by atoms with E-state index in [0.717, 1.165) is 0 Å². The first-order valence-electron chi connectivity index (χ1n) is 9.34. The van der Waals surface area contributed by atoms with E-state index in [-0.39, 0.29) is 43.9 Å². The fourth-order valence-electron chi connectivity index (χ4n) is 3.49. The molecule has 0 aliphatic rings. The van der Waals surface area contributed by atoms with Gasteiger partial charge in [0.1, 0.15) is 0 Å². The average molecular weight is 467 g/mol. The lowest BCUT2D eigenvalue weighted by Gasteiger charge is -2.24. The number of aliphatic carboxylic acids is 1. The molecular formula is C19H22F9NO2. The Balaban J connectivity index is 3.31. The van der Waals surface area contributed by atoms with Crippen LogP contribution in [0.1, 0.15) is 54.9 Å². The zero-order valence-electron chi connectivity index (χ0n) is 16.4. The highest BCUT2D eigenvalue weighted by molar-refractivity contribution is 5.70. The summed E-state index contributed by atoms with van der Waals surface area (Å²) >= 11 is 0. The molecule has 0 saturated heterocycles. The molecular weight excluding hydrogens is 445 g/mol. The molecule has 0 radical (unpaired) electrons. The van der Waals surface area contributed by atoms with Crippen LogP contribution in [0.3, 0.4) is 0 Å². The van der Waals surface area contributed by atoms with Crippen molar-refractivity contribution < 1.29 is 49.4 Å². The van der Waals surface area contributed by atoms with Crippen molar-refractivity contribution in [2.24, 2.45) is 17.6 Å². The van der Waals surface area contributed by atoms with Crippen LogP contribution in [0, 0.1) is 11.8 Å². The Morgan fingerprint density at radius 1 is 0.968 bits per heavy atom. The van der Waals surface area contributed by atoms with Crippen LogP contribution in [0.5, 0.6) is 0 Å². The van der Waals surface area contributed by atoms with Crippen molar-refractivity contribution in [2.45, 2.75) is 57.6 Å². The van der Waals surface area contributed by atoms with Gasteiger partial charge in [-0.2, -0.15) is 39.5 Å². The molecule has 0 saturated carbocycles. The van der Waals surface area contributed by atoms with Crippen molar-refractivity contribution in [3.05, 3.63) is 34.4 Å². The molecule has 178 valence electrons. The summed E-state index contributed by atoms with van der Waals surface area (Å²) < 4.78 is 119. The number of rotatable bonds is 9. The van der Waals surface area contributed by atoms with Gasteiger partial charge in [-0.05, 0) is 42.9 Å². The summed E-state index contributed by atoms with van der Waals surface area (Å²) in [4.78, 5) is 11.1. The van der Waals surface area contributed by atoms with Crippen LogP contribution in [0.25, 0.3) is 0 Å².